The van der Waals surface area contributed by atoms with Crippen molar-refractivity contribution in [3.8, 4) is 0 Å². The molecule has 28 heavy (non-hydrogen) atoms. The third kappa shape index (κ3) is 6.29. The molecule has 150 valence electrons. The van der Waals surface area contributed by atoms with Crippen LogP contribution in [0.2, 0.25) is 5.02 Å². The number of ether oxygens (including phenoxy) is 1. The molecule has 10 heteroatoms. The number of hydrogen-bond donors (Lipinski definition) is 2. The summed E-state index contributed by atoms with van der Waals surface area (Å²) in [4.78, 5) is 23.7. The highest BCUT2D eigenvalue weighted by Gasteiger charge is 2.12. The molecule has 0 aliphatic heterocycles. The van der Waals surface area contributed by atoms with Crippen LogP contribution in [0.1, 0.15) is 12.0 Å². The van der Waals surface area contributed by atoms with Gasteiger partial charge < -0.3 is 10.1 Å². The van der Waals surface area contributed by atoms with E-state index in [0.29, 0.717) is 6.42 Å². The lowest BCUT2D eigenvalue weighted by Crippen LogP contribution is -2.21. The molecule has 2 rings (SSSR count). The van der Waals surface area contributed by atoms with Crippen LogP contribution in [-0.4, -0.2) is 33.9 Å². The van der Waals surface area contributed by atoms with E-state index in [2.05, 4.69) is 10.0 Å². The van der Waals surface area contributed by atoms with Crippen molar-refractivity contribution in [2.75, 3.05) is 19.0 Å². The predicted octanol–water partition coefficient (Wildman–Crippen LogP) is 2.50. The number of amides is 1. The molecule has 0 saturated heterocycles. The van der Waals surface area contributed by atoms with E-state index in [1.807, 2.05) is 0 Å². The fourth-order valence-electron chi connectivity index (χ4n) is 2.19. The summed E-state index contributed by atoms with van der Waals surface area (Å²) in [7, 11) is -2.19. The van der Waals surface area contributed by atoms with E-state index in [9.17, 15) is 22.4 Å². The molecule has 0 aromatic heterocycles. The molecule has 0 atom stereocenters. The van der Waals surface area contributed by atoms with Gasteiger partial charge in [-0.3, -0.25) is 9.59 Å². The van der Waals surface area contributed by atoms with Crippen molar-refractivity contribution in [3.05, 3.63) is 58.9 Å². The molecule has 0 aliphatic rings. The number of carbonyl (C=O) groups is 2. The van der Waals surface area contributed by atoms with Crippen molar-refractivity contribution in [1.82, 2.24) is 4.72 Å². The van der Waals surface area contributed by atoms with E-state index in [4.69, 9.17) is 16.3 Å². The number of esters is 1. The molecule has 0 heterocycles. The Kier molecular flexibility index (Phi) is 7.50. The van der Waals surface area contributed by atoms with Crippen LogP contribution in [0, 0.1) is 5.82 Å². The number of halogens is 2. The molecule has 0 aliphatic carbocycles. The highest BCUT2D eigenvalue weighted by atomic mass is 35.5. The maximum Gasteiger partial charge on any atom is 0.306 e. The van der Waals surface area contributed by atoms with Gasteiger partial charge in [0.2, 0.25) is 10.0 Å². The predicted molar refractivity (Wildman–Crippen MR) is 102 cm³/mol. The topological polar surface area (TPSA) is 102 Å². The first kappa shape index (κ1) is 21.8. The van der Waals surface area contributed by atoms with E-state index < -0.39 is 34.3 Å². The van der Waals surface area contributed by atoms with Crippen LogP contribution in [0.25, 0.3) is 0 Å². The number of hydrogen-bond acceptors (Lipinski definition) is 5. The van der Waals surface area contributed by atoms with Crippen molar-refractivity contribution in [3.63, 3.8) is 0 Å². The van der Waals surface area contributed by atoms with Crippen molar-refractivity contribution in [2.24, 2.45) is 0 Å². The molecule has 0 spiro atoms. The van der Waals surface area contributed by atoms with Crippen LogP contribution in [0.15, 0.2) is 47.4 Å². The van der Waals surface area contributed by atoms with Gasteiger partial charge in [0, 0.05) is 6.42 Å². The minimum Gasteiger partial charge on any atom is -0.456 e. The number of anilines is 1. The molecule has 0 fully saturated rings. The summed E-state index contributed by atoms with van der Waals surface area (Å²) in [5.41, 5.74) is 0.954. The van der Waals surface area contributed by atoms with Gasteiger partial charge in [0.05, 0.1) is 15.6 Å². The van der Waals surface area contributed by atoms with Crippen molar-refractivity contribution in [1.29, 1.82) is 0 Å². The SMILES string of the molecule is CNS(=O)(=O)c1ccc(CCC(=O)OCC(=O)Nc2ccc(F)cc2Cl)cc1. The molecule has 2 aromatic carbocycles. The Bertz CT molecular complexity index is 964. The summed E-state index contributed by atoms with van der Waals surface area (Å²) in [5, 5.41) is 2.45. The summed E-state index contributed by atoms with van der Waals surface area (Å²) in [6.45, 7) is -0.508. The number of benzene rings is 2. The van der Waals surface area contributed by atoms with Crippen LogP contribution in [0.3, 0.4) is 0 Å². The molecule has 2 N–H and O–H groups in total. The number of aryl methyl sites for hydroxylation is 1. The Morgan fingerprint density at radius 1 is 1.14 bits per heavy atom. The molecule has 0 bridgehead atoms. The van der Waals surface area contributed by atoms with E-state index in [1.54, 1.807) is 12.1 Å². The molecule has 7 nitrogen and oxygen atoms in total. The summed E-state index contributed by atoms with van der Waals surface area (Å²) < 4.78 is 43.3. The van der Waals surface area contributed by atoms with Crippen molar-refractivity contribution in [2.45, 2.75) is 17.7 Å². The van der Waals surface area contributed by atoms with Crippen LogP contribution >= 0.6 is 11.6 Å². The van der Waals surface area contributed by atoms with E-state index in [0.717, 1.165) is 17.7 Å². The van der Waals surface area contributed by atoms with Crippen LogP contribution in [0.4, 0.5) is 10.1 Å². The second-order valence-corrected chi connectivity index (χ2v) is 7.98. The number of nitrogens with one attached hydrogen (secondary N) is 2. The Morgan fingerprint density at radius 3 is 2.43 bits per heavy atom. The average molecular weight is 429 g/mol. The highest BCUT2D eigenvalue weighted by molar-refractivity contribution is 7.89. The first-order valence-electron chi connectivity index (χ1n) is 8.14. The lowest BCUT2D eigenvalue weighted by atomic mass is 10.1. The summed E-state index contributed by atoms with van der Waals surface area (Å²) in [6, 6.07) is 9.56. The van der Waals surface area contributed by atoms with Crippen LogP contribution in [-0.2, 0) is 30.8 Å². The normalized spacial score (nSPS) is 11.1. The van der Waals surface area contributed by atoms with Gasteiger partial charge in [-0.15, -0.1) is 0 Å². The van der Waals surface area contributed by atoms with Gasteiger partial charge in [-0.05, 0) is 49.4 Å². The van der Waals surface area contributed by atoms with E-state index in [-0.39, 0.29) is 22.0 Å². The van der Waals surface area contributed by atoms with E-state index >= 15 is 0 Å². The Morgan fingerprint density at radius 2 is 1.82 bits per heavy atom. The average Bonchev–Trinajstić information content (AvgIpc) is 2.67. The fraction of sp³-hybridized carbons (Fsp3) is 0.222. The first-order valence-corrected chi connectivity index (χ1v) is 10.0. The summed E-state index contributed by atoms with van der Waals surface area (Å²) >= 11 is 5.80. The largest absolute Gasteiger partial charge is 0.456 e. The van der Waals surface area contributed by atoms with Crippen molar-refractivity contribution < 1.29 is 27.1 Å². The zero-order valence-electron chi connectivity index (χ0n) is 14.9. The van der Waals surface area contributed by atoms with Gasteiger partial charge in [-0.1, -0.05) is 23.7 Å². The van der Waals surface area contributed by atoms with Gasteiger partial charge in [0.15, 0.2) is 6.61 Å². The maximum atomic E-state index is 13.0. The van der Waals surface area contributed by atoms with Gasteiger partial charge in [-0.2, -0.15) is 0 Å². The minimum absolute atomic E-state index is 0.0166. The van der Waals surface area contributed by atoms with Crippen LogP contribution < -0.4 is 10.0 Å². The third-order valence-electron chi connectivity index (χ3n) is 3.69. The minimum atomic E-state index is -3.51. The number of carbonyl (C=O) groups excluding carboxylic acids is 2. The first-order chi connectivity index (χ1) is 13.2. The Hall–Kier alpha value is -2.49. The molecular formula is C18H18ClFN2O5S. The third-order valence-corrected chi connectivity index (χ3v) is 5.43. The van der Waals surface area contributed by atoms with E-state index in [1.165, 1.54) is 25.2 Å². The fourth-order valence-corrected chi connectivity index (χ4v) is 3.14. The second-order valence-electron chi connectivity index (χ2n) is 5.68. The maximum absolute atomic E-state index is 13.0. The lowest BCUT2D eigenvalue weighted by Gasteiger charge is -2.08. The van der Waals surface area contributed by atoms with Gasteiger partial charge in [0.25, 0.3) is 5.91 Å². The zero-order valence-corrected chi connectivity index (χ0v) is 16.4. The van der Waals surface area contributed by atoms with Gasteiger partial charge in [0.1, 0.15) is 5.82 Å². The summed E-state index contributed by atoms with van der Waals surface area (Å²) in [5.74, 6) is -1.73. The standard InChI is InChI=1S/C18H18ClFN2O5S/c1-21-28(25,26)14-6-2-12(3-7-14)4-9-18(24)27-11-17(23)22-16-8-5-13(20)10-15(16)19/h2-3,5-8,10,21H,4,9,11H2,1H3,(H,22,23). The van der Waals surface area contributed by atoms with Crippen molar-refractivity contribution >= 4 is 39.2 Å². The smallest absolute Gasteiger partial charge is 0.306 e. The quantitative estimate of drug-likeness (QED) is 0.629. The molecule has 2 aromatic rings. The van der Waals surface area contributed by atoms with Gasteiger partial charge >= 0.3 is 5.97 Å². The molecule has 0 radical (unpaired) electrons. The lowest BCUT2D eigenvalue weighted by molar-refractivity contribution is -0.147. The molecular weight excluding hydrogens is 411 g/mol. The summed E-state index contributed by atoms with van der Waals surface area (Å²) in [6.07, 6.45) is 0.340. The molecule has 1 amide bonds. The Balaban J connectivity index is 1.78. The zero-order chi connectivity index (χ0) is 20.7. The molecule has 0 unspecified atom stereocenters. The number of rotatable bonds is 8. The number of sulfonamides is 1. The van der Waals surface area contributed by atoms with Crippen LogP contribution in [0.5, 0.6) is 0 Å². The Labute approximate surface area is 166 Å². The second kappa shape index (κ2) is 9.63. The monoisotopic (exact) mass is 428 g/mol. The molecule has 0 saturated carbocycles. The highest BCUT2D eigenvalue weighted by Crippen LogP contribution is 2.22. The van der Waals surface area contributed by atoms with Gasteiger partial charge in [-0.25, -0.2) is 17.5 Å².